The van der Waals surface area contributed by atoms with Crippen LogP contribution in [0.4, 0.5) is 0 Å². The molecule has 20 heavy (non-hydrogen) atoms. The van der Waals surface area contributed by atoms with Crippen LogP contribution in [0.5, 0.6) is 0 Å². The number of ether oxygens (including phenoxy) is 1. The summed E-state index contributed by atoms with van der Waals surface area (Å²) in [6, 6.07) is 0.0141. The highest BCUT2D eigenvalue weighted by Crippen LogP contribution is 2.23. The Morgan fingerprint density at radius 3 is 2.50 bits per heavy atom. The largest absolute Gasteiger partial charge is 0.379 e. The van der Waals surface area contributed by atoms with Crippen molar-refractivity contribution < 1.29 is 9.53 Å². The van der Waals surface area contributed by atoms with Gasteiger partial charge in [0, 0.05) is 13.2 Å². The second kappa shape index (κ2) is 9.35. The van der Waals surface area contributed by atoms with E-state index in [0.29, 0.717) is 6.10 Å². The van der Waals surface area contributed by atoms with Gasteiger partial charge in [-0.3, -0.25) is 9.69 Å². The molecule has 118 valence electrons. The lowest BCUT2D eigenvalue weighted by Gasteiger charge is -2.35. The third kappa shape index (κ3) is 6.23. The van der Waals surface area contributed by atoms with Gasteiger partial charge in [-0.05, 0) is 72.4 Å². The van der Waals surface area contributed by atoms with E-state index in [4.69, 9.17) is 4.74 Å². The predicted octanol–water partition coefficient (Wildman–Crippen LogP) is 2.43. The maximum absolute atomic E-state index is 11.8. The van der Waals surface area contributed by atoms with Crippen LogP contribution >= 0.6 is 0 Å². The van der Waals surface area contributed by atoms with Crippen LogP contribution in [-0.4, -0.2) is 49.2 Å². The van der Waals surface area contributed by atoms with E-state index >= 15 is 0 Å². The Morgan fingerprint density at radius 1 is 1.30 bits per heavy atom. The zero-order chi connectivity index (χ0) is 15.0. The number of likely N-dealkylation sites (tertiary alicyclic amines) is 1. The topological polar surface area (TPSA) is 41.6 Å². The van der Waals surface area contributed by atoms with E-state index in [-0.39, 0.29) is 11.9 Å². The number of piperidine rings is 1. The van der Waals surface area contributed by atoms with Crippen molar-refractivity contribution in [3.63, 3.8) is 0 Å². The molecule has 1 N–H and O–H groups in total. The summed E-state index contributed by atoms with van der Waals surface area (Å²) in [5.74, 6) is 0.972. The zero-order valence-corrected chi connectivity index (χ0v) is 13.7. The van der Waals surface area contributed by atoms with Crippen LogP contribution in [0.3, 0.4) is 0 Å². The van der Waals surface area contributed by atoms with Crippen molar-refractivity contribution >= 4 is 5.91 Å². The molecule has 1 saturated heterocycles. The van der Waals surface area contributed by atoms with E-state index in [1.165, 1.54) is 19.3 Å². The lowest BCUT2D eigenvalue weighted by molar-refractivity contribution is -0.126. The number of hydrogen-bond acceptors (Lipinski definition) is 3. The molecule has 0 aromatic carbocycles. The van der Waals surface area contributed by atoms with Crippen molar-refractivity contribution in [1.82, 2.24) is 10.2 Å². The van der Waals surface area contributed by atoms with Crippen molar-refractivity contribution in [3.8, 4) is 0 Å². The predicted molar refractivity (Wildman–Crippen MR) is 82.8 cm³/mol. The zero-order valence-electron chi connectivity index (χ0n) is 13.7. The molecule has 4 heteroatoms. The Bertz CT molecular complexity index is 274. The van der Waals surface area contributed by atoms with Crippen LogP contribution in [0.15, 0.2) is 0 Å². The molecule has 0 unspecified atom stereocenters. The SMILES string of the molecule is CCNC(=O)[C@H](C)N1CCC(CCCOC(C)C)CC1. The minimum Gasteiger partial charge on any atom is -0.379 e. The molecule has 0 bridgehead atoms. The molecule has 0 aromatic rings. The first-order valence-corrected chi connectivity index (χ1v) is 8.18. The highest BCUT2D eigenvalue weighted by molar-refractivity contribution is 5.81. The molecule has 0 saturated carbocycles. The van der Waals surface area contributed by atoms with E-state index in [1.807, 2.05) is 13.8 Å². The first-order chi connectivity index (χ1) is 9.54. The summed E-state index contributed by atoms with van der Waals surface area (Å²) in [6.07, 6.45) is 5.19. The second-order valence-corrected chi connectivity index (χ2v) is 6.11. The number of hydrogen-bond donors (Lipinski definition) is 1. The third-order valence-corrected chi connectivity index (χ3v) is 4.14. The summed E-state index contributed by atoms with van der Waals surface area (Å²) in [7, 11) is 0. The molecule has 0 radical (unpaired) electrons. The number of likely N-dealkylation sites (N-methyl/N-ethyl adjacent to an activating group) is 1. The van der Waals surface area contributed by atoms with Gasteiger partial charge >= 0.3 is 0 Å². The van der Waals surface area contributed by atoms with Crippen molar-refractivity contribution in [3.05, 3.63) is 0 Å². The standard InChI is InChI=1S/C16H32N2O2/c1-5-17-16(19)14(4)18-10-8-15(9-11-18)7-6-12-20-13(2)3/h13-15H,5-12H2,1-4H3,(H,17,19)/t14-/m0/s1. The monoisotopic (exact) mass is 284 g/mol. The normalized spacial score (nSPS) is 19.2. The van der Waals surface area contributed by atoms with Gasteiger partial charge in [0.15, 0.2) is 0 Å². The molecule has 1 aliphatic rings. The van der Waals surface area contributed by atoms with Gasteiger partial charge in [-0.2, -0.15) is 0 Å². The fourth-order valence-electron chi connectivity index (χ4n) is 2.81. The quantitative estimate of drug-likeness (QED) is 0.696. The van der Waals surface area contributed by atoms with Gasteiger partial charge < -0.3 is 10.1 Å². The van der Waals surface area contributed by atoms with Gasteiger partial charge in [0.25, 0.3) is 0 Å². The van der Waals surface area contributed by atoms with Crippen LogP contribution in [0.2, 0.25) is 0 Å². The number of nitrogens with one attached hydrogen (secondary N) is 1. The fourth-order valence-corrected chi connectivity index (χ4v) is 2.81. The second-order valence-electron chi connectivity index (χ2n) is 6.11. The lowest BCUT2D eigenvalue weighted by Crippen LogP contribution is -2.48. The van der Waals surface area contributed by atoms with Gasteiger partial charge in [-0.25, -0.2) is 0 Å². The number of carbonyl (C=O) groups excluding carboxylic acids is 1. The molecule has 0 aromatic heterocycles. The molecule has 1 fully saturated rings. The Hall–Kier alpha value is -0.610. The van der Waals surface area contributed by atoms with Crippen molar-refractivity contribution in [2.45, 2.75) is 65.5 Å². The molecule has 1 rings (SSSR count). The fraction of sp³-hybridized carbons (Fsp3) is 0.938. The number of amides is 1. The van der Waals surface area contributed by atoms with E-state index in [9.17, 15) is 4.79 Å². The molecule has 1 heterocycles. The molecule has 0 aliphatic carbocycles. The maximum Gasteiger partial charge on any atom is 0.237 e. The van der Waals surface area contributed by atoms with Crippen molar-refractivity contribution in [1.29, 1.82) is 0 Å². The van der Waals surface area contributed by atoms with E-state index in [2.05, 4.69) is 24.1 Å². The van der Waals surface area contributed by atoms with Crippen molar-refractivity contribution in [2.75, 3.05) is 26.2 Å². The molecular formula is C16H32N2O2. The van der Waals surface area contributed by atoms with E-state index in [0.717, 1.165) is 38.6 Å². The molecule has 1 aliphatic heterocycles. The summed E-state index contributed by atoms with van der Waals surface area (Å²) in [5, 5.41) is 2.91. The van der Waals surface area contributed by atoms with Crippen LogP contribution in [0, 0.1) is 5.92 Å². The Kier molecular flexibility index (Phi) is 8.15. The number of carbonyl (C=O) groups is 1. The van der Waals surface area contributed by atoms with Gasteiger partial charge in [-0.15, -0.1) is 0 Å². The van der Waals surface area contributed by atoms with Gasteiger partial charge in [-0.1, -0.05) is 0 Å². The Morgan fingerprint density at radius 2 is 1.95 bits per heavy atom. The molecule has 1 atom stereocenters. The van der Waals surface area contributed by atoms with Crippen molar-refractivity contribution in [2.24, 2.45) is 5.92 Å². The number of nitrogens with zero attached hydrogens (tertiary/aromatic N) is 1. The minimum absolute atomic E-state index is 0.0141. The van der Waals surface area contributed by atoms with Crippen LogP contribution < -0.4 is 5.32 Å². The highest BCUT2D eigenvalue weighted by atomic mass is 16.5. The lowest BCUT2D eigenvalue weighted by atomic mass is 9.91. The average molecular weight is 284 g/mol. The molecule has 1 amide bonds. The first-order valence-electron chi connectivity index (χ1n) is 8.18. The first kappa shape index (κ1) is 17.4. The molecule has 0 spiro atoms. The summed E-state index contributed by atoms with van der Waals surface area (Å²) in [4.78, 5) is 14.1. The smallest absolute Gasteiger partial charge is 0.237 e. The Balaban J connectivity index is 2.17. The highest BCUT2D eigenvalue weighted by Gasteiger charge is 2.25. The van der Waals surface area contributed by atoms with Crippen LogP contribution in [0.1, 0.15) is 53.4 Å². The minimum atomic E-state index is 0.0141. The number of rotatable bonds is 8. The summed E-state index contributed by atoms with van der Waals surface area (Å²) < 4.78 is 5.59. The molecule has 4 nitrogen and oxygen atoms in total. The van der Waals surface area contributed by atoms with Gasteiger partial charge in [0.2, 0.25) is 5.91 Å². The van der Waals surface area contributed by atoms with E-state index in [1.54, 1.807) is 0 Å². The third-order valence-electron chi connectivity index (χ3n) is 4.14. The Labute approximate surface area is 124 Å². The van der Waals surface area contributed by atoms with E-state index < -0.39 is 0 Å². The summed E-state index contributed by atoms with van der Waals surface area (Å²) in [5.41, 5.74) is 0. The van der Waals surface area contributed by atoms with Gasteiger partial charge in [0.1, 0.15) is 0 Å². The maximum atomic E-state index is 11.8. The van der Waals surface area contributed by atoms with Gasteiger partial charge in [0.05, 0.1) is 12.1 Å². The average Bonchev–Trinajstić information content (AvgIpc) is 2.43. The summed E-state index contributed by atoms with van der Waals surface area (Å²) in [6.45, 7) is 11.9. The van der Waals surface area contributed by atoms with Crippen LogP contribution in [-0.2, 0) is 9.53 Å². The summed E-state index contributed by atoms with van der Waals surface area (Å²) >= 11 is 0. The van der Waals surface area contributed by atoms with Crippen LogP contribution in [0.25, 0.3) is 0 Å². The molecular weight excluding hydrogens is 252 g/mol.